The van der Waals surface area contributed by atoms with Crippen LogP contribution < -0.4 is 15.8 Å². The van der Waals surface area contributed by atoms with Gasteiger partial charge in [-0.2, -0.15) is 0 Å². The van der Waals surface area contributed by atoms with Crippen molar-refractivity contribution in [3.05, 3.63) is 24.3 Å². The van der Waals surface area contributed by atoms with E-state index in [9.17, 15) is 18.0 Å². The van der Waals surface area contributed by atoms with Gasteiger partial charge < -0.3 is 16.0 Å². The minimum absolute atomic E-state index is 0.0918. The summed E-state index contributed by atoms with van der Waals surface area (Å²) < 4.78 is 26.7. The highest BCUT2D eigenvalue weighted by molar-refractivity contribution is 7.89. The molecule has 0 unspecified atom stereocenters. The predicted molar refractivity (Wildman–Crippen MR) is 76.0 cm³/mol. The number of benzene rings is 1. The number of likely N-dealkylation sites (tertiary alicyclic amines) is 1. The van der Waals surface area contributed by atoms with Crippen molar-refractivity contribution in [1.82, 2.24) is 9.62 Å². The van der Waals surface area contributed by atoms with Crippen LogP contribution in [0.15, 0.2) is 29.2 Å². The number of hydrogen-bond donors (Lipinski definition) is 3. The zero-order valence-electron chi connectivity index (χ0n) is 11.4. The van der Waals surface area contributed by atoms with Crippen molar-refractivity contribution in [2.24, 2.45) is 5.73 Å². The van der Waals surface area contributed by atoms with Crippen molar-refractivity contribution in [2.45, 2.75) is 17.9 Å². The Morgan fingerprint density at radius 1 is 1.24 bits per heavy atom. The molecule has 3 amide bonds. The van der Waals surface area contributed by atoms with Gasteiger partial charge in [-0.25, -0.2) is 17.9 Å². The van der Waals surface area contributed by atoms with E-state index in [1.807, 2.05) is 0 Å². The van der Waals surface area contributed by atoms with Crippen LogP contribution in [0.2, 0.25) is 0 Å². The van der Waals surface area contributed by atoms with Gasteiger partial charge in [0.25, 0.3) is 0 Å². The molecule has 1 aromatic rings. The van der Waals surface area contributed by atoms with Crippen molar-refractivity contribution in [1.29, 1.82) is 0 Å². The first kappa shape index (κ1) is 15.3. The lowest BCUT2D eigenvalue weighted by Crippen LogP contribution is -2.62. The standard InChI is InChI=1S/C12H16N4O4S/c1-8(17)14-9-2-4-11(5-3-9)21(19,20)15-10-6-16(7-10)12(13)18/h2-5,10,15H,6-7H2,1H3,(H2,13,18)(H,14,17). The molecule has 8 nitrogen and oxygen atoms in total. The average molecular weight is 312 g/mol. The Hall–Kier alpha value is -2.13. The van der Waals surface area contributed by atoms with Crippen molar-refractivity contribution in [3.8, 4) is 0 Å². The molecule has 0 saturated carbocycles. The van der Waals surface area contributed by atoms with E-state index >= 15 is 0 Å². The Balaban J connectivity index is 2.00. The van der Waals surface area contributed by atoms with E-state index in [4.69, 9.17) is 5.73 Å². The van der Waals surface area contributed by atoms with Gasteiger partial charge in [0.15, 0.2) is 0 Å². The molecule has 1 fully saturated rings. The molecule has 1 heterocycles. The Morgan fingerprint density at radius 2 is 1.81 bits per heavy atom. The van der Waals surface area contributed by atoms with E-state index < -0.39 is 16.1 Å². The summed E-state index contributed by atoms with van der Waals surface area (Å²) in [6, 6.07) is 4.91. The van der Waals surface area contributed by atoms with Crippen LogP contribution >= 0.6 is 0 Å². The maximum absolute atomic E-state index is 12.1. The predicted octanol–water partition coefficient (Wildman–Crippen LogP) is -0.314. The van der Waals surface area contributed by atoms with Gasteiger partial charge >= 0.3 is 6.03 Å². The van der Waals surface area contributed by atoms with E-state index in [1.54, 1.807) is 0 Å². The number of nitrogens with two attached hydrogens (primary N) is 1. The number of sulfonamides is 1. The van der Waals surface area contributed by atoms with Crippen LogP contribution in [0.25, 0.3) is 0 Å². The molecule has 2 rings (SSSR count). The SMILES string of the molecule is CC(=O)Nc1ccc(S(=O)(=O)NC2CN(C(N)=O)C2)cc1. The Morgan fingerprint density at radius 3 is 2.29 bits per heavy atom. The highest BCUT2D eigenvalue weighted by Gasteiger charge is 2.32. The number of primary amides is 1. The van der Waals surface area contributed by atoms with E-state index in [2.05, 4.69) is 10.0 Å². The Kier molecular flexibility index (Phi) is 4.14. The van der Waals surface area contributed by atoms with Gasteiger partial charge in [-0.1, -0.05) is 0 Å². The van der Waals surface area contributed by atoms with Crippen LogP contribution in [0.3, 0.4) is 0 Å². The Bertz CT molecular complexity index is 650. The molecule has 0 aliphatic carbocycles. The fourth-order valence-electron chi connectivity index (χ4n) is 1.94. The number of nitrogens with one attached hydrogen (secondary N) is 2. The van der Waals surface area contributed by atoms with Crippen molar-refractivity contribution >= 4 is 27.6 Å². The topological polar surface area (TPSA) is 122 Å². The van der Waals surface area contributed by atoms with Gasteiger partial charge in [-0.15, -0.1) is 0 Å². The number of hydrogen-bond acceptors (Lipinski definition) is 4. The number of rotatable bonds is 4. The summed E-state index contributed by atoms with van der Waals surface area (Å²) >= 11 is 0. The quantitative estimate of drug-likeness (QED) is 0.705. The molecular formula is C12H16N4O4S. The summed E-state index contributed by atoms with van der Waals surface area (Å²) in [5, 5.41) is 2.55. The lowest BCUT2D eigenvalue weighted by Gasteiger charge is -2.37. The molecule has 0 aromatic heterocycles. The minimum atomic E-state index is -3.66. The molecule has 1 aliphatic heterocycles. The van der Waals surface area contributed by atoms with Crippen LogP contribution in [0.1, 0.15) is 6.92 Å². The summed E-state index contributed by atoms with van der Waals surface area (Å²) in [5.41, 5.74) is 5.58. The van der Waals surface area contributed by atoms with Crippen LogP contribution in [0.4, 0.5) is 10.5 Å². The van der Waals surface area contributed by atoms with Crippen molar-refractivity contribution in [2.75, 3.05) is 18.4 Å². The minimum Gasteiger partial charge on any atom is -0.351 e. The van der Waals surface area contributed by atoms with Crippen molar-refractivity contribution in [3.63, 3.8) is 0 Å². The average Bonchev–Trinajstić information content (AvgIpc) is 2.33. The lowest BCUT2D eigenvalue weighted by atomic mass is 10.1. The molecular weight excluding hydrogens is 296 g/mol. The first-order valence-electron chi connectivity index (χ1n) is 6.22. The highest BCUT2D eigenvalue weighted by atomic mass is 32.2. The number of nitrogens with zero attached hydrogens (tertiary/aromatic N) is 1. The molecule has 0 radical (unpaired) electrons. The second kappa shape index (κ2) is 5.70. The zero-order chi connectivity index (χ0) is 15.6. The van der Waals surface area contributed by atoms with Crippen LogP contribution in [0.5, 0.6) is 0 Å². The van der Waals surface area contributed by atoms with Gasteiger partial charge in [0.1, 0.15) is 0 Å². The third kappa shape index (κ3) is 3.70. The maximum atomic E-state index is 12.1. The molecule has 1 aromatic carbocycles. The summed E-state index contributed by atoms with van der Waals surface area (Å²) in [5.74, 6) is -0.232. The summed E-state index contributed by atoms with van der Waals surface area (Å²) in [6.07, 6.45) is 0. The lowest BCUT2D eigenvalue weighted by molar-refractivity contribution is -0.114. The highest BCUT2D eigenvalue weighted by Crippen LogP contribution is 2.16. The summed E-state index contributed by atoms with van der Waals surface area (Å²) in [6.45, 7) is 1.89. The van der Waals surface area contributed by atoms with Gasteiger partial charge in [0.2, 0.25) is 15.9 Å². The zero-order valence-corrected chi connectivity index (χ0v) is 12.2. The third-order valence-electron chi connectivity index (χ3n) is 3.00. The number of anilines is 1. The van der Waals surface area contributed by atoms with Gasteiger partial charge in [0.05, 0.1) is 10.9 Å². The second-order valence-electron chi connectivity index (χ2n) is 4.77. The molecule has 9 heteroatoms. The number of urea groups is 1. The van der Waals surface area contributed by atoms with Crippen LogP contribution in [-0.2, 0) is 14.8 Å². The first-order valence-corrected chi connectivity index (χ1v) is 7.70. The third-order valence-corrected chi connectivity index (χ3v) is 4.54. The molecule has 4 N–H and O–H groups in total. The molecule has 0 atom stereocenters. The molecule has 1 aliphatic rings. The van der Waals surface area contributed by atoms with E-state index in [0.717, 1.165) is 0 Å². The normalized spacial score (nSPS) is 15.4. The largest absolute Gasteiger partial charge is 0.351 e. The summed E-state index contributed by atoms with van der Waals surface area (Å²) in [4.78, 5) is 23.1. The molecule has 114 valence electrons. The van der Waals surface area contributed by atoms with E-state index in [0.29, 0.717) is 5.69 Å². The number of carbonyl (C=O) groups excluding carboxylic acids is 2. The molecule has 0 bridgehead atoms. The van der Waals surface area contributed by atoms with Crippen LogP contribution in [0, 0.1) is 0 Å². The molecule has 0 spiro atoms. The smallest absolute Gasteiger partial charge is 0.314 e. The van der Waals surface area contributed by atoms with Gasteiger partial charge in [-0.05, 0) is 24.3 Å². The van der Waals surface area contributed by atoms with E-state index in [1.165, 1.54) is 36.1 Å². The van der Waals surface area contributed by atoms with Crippen molar-refractivity contribution < 1.29 is 18.0 Å². The van der Waals surface area contributed by atoms with Crippen LogP contribution in [-0.4, -0.2) is 44.4 Å². The molecule has 21 heavy (non-hydrogen) atoms. The fraction of sp³-hybridized carbons (Fsp3) is 0.333. The van der Waals surface area contributed by atoms with Gasteiger partial charge in [-0.3, -0.25) is 4.79 Å². The number of carbonyl (C=O) groups is 2. The number of amides is 3. The Labute approximate surface area is 122 Å². The summed E-state index contributed by atoms with van der Waals surface area (Å²) in [7, 11) is -3.66. The maximum Gasteiger partial charge on any atom is 0.314 e. The van der Waals surface area contributed by atoms with Gasteiger partial charge in [0, 0.05) is 25.7 Å². The molecule has 1 saturated heterocycles. The second-order valence-corrected chi connectivity index (χ2v) is 6.48. The van der Waals surface area contributed by atoms with E-state index in [-0.39, 0.29) is 29.9 Å². The fourth-order valence-corrected chi connectivity index (χ4v) is 3.16. The monoisotopic (exact) mass is 312 g/mol. The first-order chi connectivity index (χ1) is 9.78.